The van der Waals surface area contributed by atoms with Crippen LogP contribution in [0.1, 0.15) is 66.0 Å². The molecule has 0 spiro atoms. The lowest BCUT2D eigenvalue weighted by Crippen LogP contribution is -2.35. The second-order valence-electron chi connectivity index (χ2n) is 10.2. The number of nitrogens with one attached hydrogen (secondary N) is 1. The molecule has 1 N–H and O–H groups in total. The summed E-state index contributed by atoms with van der Waals surface area (Å²) in [5, 5.41) is 14.1. The standard InChI is InChI=1S/C30H32N6O3/c1-20-7-5-8-22-17-26(30(37)31-27(20)22)28(29-32-33-34-36(29)23-9-3-4-10-23)35(19-25-11-6-16-39-25)18-21-12-14-24(38-2)15-13-21/h5-8,11-17,23,28H,3-4,9-10,18-19H2,1-2H3,(H,31,37)/t28-/m1/s1. The number of aryl methyl sites for hydroxylation is 1. The van der Waals surface area contributed by atoms with E-state index in [9.17, 15) is 4.79 Å². The van der Waals surface area contributed by atoms with Crippen LogP contribution < -0.4 is 10.3 Å². The summed E-state index contributed by atoms with van der Waals surface area (Å²) in [6, 6.07) is 19.5. The van der Waals surface area contributed by atoms with Gasteiger partial charge in [-0.3, -0.25) is 9.69 Å². The van der Waals surface area contributed by atoms with Gasteiger partial charge in [0.25, 0.3) is 5.56 Å². The number of para-hydroxylation sites is 1. The molecule has 1 aliphatic rings. The number of hydrogen-bond acceptors (Lipinski definition) is 7. The summed E-state index contributed by atoms with van der Waals surface area (Å²) in [6.45, 7) is 3.01. The van der Waals surface area contributed by atoms with Crippen molar-refractivity contribution in [3.8, 4) is 5.75 Å². The fraction of sp³-hybridized carbons (Fsp3) is 0.333. The van der Waals surface area contributed by atoms with Crippen molar-refractivity contribution in [2.24, 2.45) is 0 Å². The Kier molecular flexibility index (Phi) is 6.98. The van der Waals surface area contributed by atoms with Gasteiger partial charge >= 0.3 is 0 Å². The number of aromatic nitrogens is 5. The predicted octanol–water partition coefficient (Wildman–Crippen LogP) is 5.33. The van der Waals surface area contributed by atoms with E-state index in [-0.39, 0.29) is 11.6 Å². The van der Waals surface area contributed by atoms with Gasteiger partial charge < -0.3 is 14.1 Å². The lowest BCUT2D eigenvalue weighted by atomic mass is 10.0. The molecule has 1 saturated carbocycles. The van der Waals surface area contributed by atoms with Gasteiger partial charge in [-0.25, -0.2) is 4.68 Å². The molecule has 3 aromatic heterocycles. The number of fused-ring (bicyclic) bond motifs is 1. The smallest absolute Gasteiger partial charge is 0.253 e. The number of H-pyrrole nitrogens is 1. The Morgan fingerprint density at radius 1 is 1.10 bits per heavy atom. The van der Waals surface area contributed by atoms with Crippen LogP contribution in [-0.4, -0.2) is 37.2 Å². The Hall–Kier alpha value is -4.24. The molecule has 0 saturated heterocycles. The summed E-state index contributed by atoms with van der Waals surface area (Å²) < 4.78 is 13.1. The zero-order valence-corrected chi connectivity index (χ0v) is 22.2. The molecule has 0 radical (unpaired) electrons. The summed E-state index contributed by atoms with van der Waals surface area (Å²) in [5.74, 6) is 2.25. The fourth-order valence-electron chi connectivity index (χ4n) is 5.70. The number of ether oxygens (including phenoxy) is 1. The molecular weight excluding hydrogens is 492 g/mol. The van der Waals surface area contributed by atoms with Gasteiger partial charge in [0.15, 0.2) is 5.82 Å². The molecular formula is C30H32N6O3. The van der Waals surface area contributed by atoms with E-state index in [2.05, 4.69) is 25.4 Å². The molecule has 2 aromatic carbocycles. The van der Waals surface area contributed by atoms with Crippen molar-refractivity contribution in [1.29, 1.82) is 0 Å². The van der Waals surface area contributed by atoms with Crippen molar-refractivity contribution in [1.82, 2.24) is 30.1 Å². The third-order valence-corrected chi connectivity index (χ3v) is 7.69. The van der Waals surface area contributed by atoms with Gasteiger partial charge in [0, 0.05) is 12.1 Å². The zero-order chi connectivity index (χ0) is 26.8. The highest BCUT2D eigenvalue weighted by molar-refractivity contribution is 5.82. The third kappa shape index (κ3) is 5.09. The second-order valence-corrected chi connectivity index (χ2v) is 10.2. The minimum Gasteiger partial charge on any atom is -0.497 e. The summed E-state index contributed by atoms with van der Waals surface area (Å²) in [7, 11) is 1.66. The first-order valence-electron chi connectivity index (χ1n) is 13.4. The maximum atomic E-state index is 13.8. The highest BCUT2D eigenvalue weighted by atomic mass is 16.5. The quantitative estimate of drug-likeness (QED) is 0.278. The molecule has 3 heterocycles. The van der Waals surface area contributed by atoms with Crippen LogP contribution in [0.3, 0.4) is 0 Å². The van der Waals surface area contributed by atoms with E-state index in [0.717, 1.165) is 59.2 Å². The molecule has 0 unspecified atom stereocenters. The van der Waals surface area contributed by atoms with Crippen molar-refractivity contribution in [2.45, 2.75) is 57.8 Å². The highest BCUT2D eigenvalue weighted by Crippen LogP contribution is 2.35. The van der Waals surface area contributed by atoms with E-state index in [1.807, 2.05) is 72.3 Å². The summed E-state index contributed by atoms with van der Waals surface area (Å²) in [4.78, 5) is 19.2. The molecule has 9 nitrogen and oxygen atoms in total. The van der Waals surface area contributed by atoms with E-state index in [4.69, 9.17) is 9.15 Å². The van der Waals surface area contributed by atoms with E-state index in [1.54, 1.807) is 13.4 Å². The summed E-state index contributed by atoms with van der Waals surface area (Å²) in [5.41, 5.74) is 3.38. The normalized spacial score (nSPS) is 14.8. The van der Waals surface area contributed by atoms with Crippen molar-refractivity contribution in [2.75, 3.05) is 7.11 Å². The number of methoxy groups -OCH3 is 1. The number of tetrazole rings is 1. The number of furan rings is 1. The van der Waals surface area contributed by atoms with Gasteiger partial charge in [-0.05, 0) is 77.0 Å². The average molecular weight is 525 g/mol. The SMILES string of the molecule is COc1ccc(CN(Cc2ccco2)[C@H](c2cc3cccc(C)c3[nH]c2=O)c2nnnn2C2CCCC2)cc1. The zero-order valence-electron chi connectivity index (χ0n) is 22.2. The van der Waals surface area contributed by atoms with Crippen LogP contribution in [0.4, 0.5) is 0 Å². The molecule has 1 aliphatic carbocycles. The van der Waals surface area contributed by atoms with Crippen LogP contribution in [0.25, 0.3) is 10.9 Å². The average Bonchev–Trinajstić information content (AvgIpc) is 3.74. The van der Waals surface area contributed by atoms with Crippen LogP contribution >= 0.6 is 0 Å². The molecule has 0 bridgehead atoms. The molecule has 6 rings (SSSR count). The third-order valence-electron chi connectivity index (χ3n) is 7.69. The van der Waals surface area contributed by atoms with E-state index >= 15 is 0 Å². The van der Waals surface area contributed by atoms with Gasteiger partial charge in [0.05, 0.1) is 31.5 Å². The number of pyridine rings is 1. The van der Waals surface area contributed by atoms with Gasteiger partial charge in [-0.15, -0.1) is 5.10 Å². The topological polar surface area (TPSA) is 102 Å². The first-order valence-corrected chi connectivity index (χ1v) is 13.4. The van der Waals surface area contributed by atoms with Gasteiger partial charge in [-0.2, -0.15) is 0 Å². The monoisotopic (exact) mass is 524 g/mol. The van der Waals surface area contributed by atoms with Crippen molar-refractivity contribution in [3.63, 3.8) is 0 Å². The van der Waals surface area contributed by atoms with Gasteiger partial charge in [0.2, 0.25) is 0 Å². The predicted molar refractivity (Wildman–Crippen MR) is 147 cm³/mol. The molecule has 1 fully saturated rings. The van der Waals surface area contributed by atoms with Crippen molar-refractivity contribution >= 4 is 10.9 Å². The Labute approximate surface area is 226 Å². The largest absolute Gasteiger partial charge is 0.497 e. The number of nitrogens with zero attached hydrogens (tertiary/aromatic N) is 5. The van der Waals surface area contributed by atoms with Crippen LogP contribution in [0.2, 0.25) is 0 Å². The molecule has 200 valence electrons. The Balaban J connectivity index is 1.52. The minimum atomic E-state index is -0.513. The fourth-order valence-corrected chi connectivity index (χ4v) is 5.70. The van der Waals surface area contributed by atoms with E-state index < -0.39 is 6.04 Å². The van der Waals surface area contributed by atoms with Crippen LogP contribution in [0.5, 0.6) is 5.75 Å². The van der Waals surface area contributed by atoms with Gasteiger partial charge in [0.1, 0.15) is 17.6 Å². The van der Waals surface area contributed by atoms with Gasteiger partial charge in [-0.1, -0.05) is 43.2 Å². The Bertz CT molecular complexity index is 1600. The number of aromatic amines is 1. The number of rotatable bonds is 9. The van der Waals surface area contributed by atoms with Crippen LogP contribution in [0, 0.1) is 6.92 Å². The second kappa shape index (κ2) is 10.9. The molecule has 1 atom stereocenters. The molecule has 9 heteroatoms. The lowest BCUT2D eigenvalue weighted by Gasteiger charge is -2.31. The van der Waals surface area contributed by atoms with Crippen LogP contribution in [-0.2, 0) is 13.1 Å². The van der Waals surface area contributed by atoms with E-state index in [0.29, 0.717) is 24.5 Å². The molecule has 0 aliphatic heterocycles. The summed E-state index contributed by atoms with van der Waals surface area (Å²) in [6.07, 6.45) is 6.01. The summed E-state index contributed by atoms with van der Waals surface area (Å²) >= 11 is 0. The maximum absolute atomic E-state index is 13.8. The van der Waals surface area contributed by atoms with E-state index in [1.165, 1.54) is 0 Å². The number of benzene rings is 2. The van der Waals surface area contributed by atoms with Crippen molar-refractivity contribution < 1.29 is 9.15 Å². The molecule has 39 heavy (non-hydrogen) atoms. The highest BCUT2D eigenvalue weighted by Gasteiger charge is 2.34. The minimum absolute atomic E-state index is 0.151. The van der Waals surface area contributed by atoms with Crippen LogP contribution in [0.15, 0.2) is 76.1 Å². The van der Waals surface area contributed by atoms with Crippen molar-refractivity contribution in [3.05, 3.63) is 106 Å². The first kappa shape index (κ1) is 25.1. The Morgan fingerprint density at radius 3 is 2.67 bits per heavy atom. The Morgan fingerprint density at radius 2 is 1.92 bits per heavy atom. The number of hydrogen-bond donors (Lipinski definition) is 1. The molecule has 5 aromatic rings. The lowest BCUT2D eigenvalue weighted by molar-refractivity contribution is 0.176. The molecule has 0 amide bonds. The maximum Gasteiger partial charge on any atom is 0.253 e. The first-order chi connectivity index (χ1) is 19.1.